The van der Waals surface area contributed by atoms with Crippen molar-refractivity contribution in [3.63, 3.8) is 0 Å². The topological polar surface area (TPSA) is 74.6 Å². The lowest BCUT2D eigenvalue weighted by Crippen LogP contribution is -2.49. The largest absolute Gasteiger partial charge is 0.481 e. The summed E-state index contributed by atoms with van der Waals surface area (Å²) in [7, 11) is -10.2. The van der Waals surface area contributed by atoms with Crippen LogP contribution < -0.4 is 0 Å². The summed E-state index contributed by atoms with van der Waals surface area (Å²) < 4.78 is 103. The molecule has 0 aromatic heterocycles. The minimum absolute atomic E-state index is 0.0449. The Balaban J connectivity index is 3.58. The van der Waals surface area contributed by atoms with Crippen LogP contribution in [0, 0.1) is 0 Å². The molecule has 0 spiro atoms. The number of carboxylic acid groups (broad SMARTS) is 2. The standard InChI is InChI=1S/C12H10F8O4S/c13-12(14,15)11(10(23)24,6-5-9(21)22)7-1-3-8(4-2-7)25(16,17,18,19)20/h1-4H,5-6H2,(H,21,22)(H,23,24). The van der Waals surface area contributed by atoms with Crippen molar-refractivity contribution >= 4 is 22.2 Å². The number of halogens is 8. The van der Waals surface area contributed by atoms with Gasteiger partial charge in [-0.2, -0.15) is 13.2 Å². The molecule has 2 N–H and O–H groups in total. The van der Waals surface area contributed by atoms with Gasteiger partial charge in [-0.15, -0.1) is 0 Å². The smallest absolute Gasteiger partial charge is 0.408 e. The van der Waals surface area contributed by atoms with Crippen LogP contribution in [0.3, 0.4) is 0 Å². The zero-order chi connectivity index (χ0) is 20.0. The molecule has 1 atom stereocenters. The Morgan fingerprint density at radius 3 is 1.64 bits per heavy atom. The maximum atomic E-state index is 13.3. The first-order valence-corrected chi connectivity index (χ1v) is 8.13. The molecule has 1 rings (SSSR count). The Kier molecular flexibility index (Phi) is 4.39. The van der Waals surface area contributed by atoms with Crippen LogP contribution in [0.5, 0.6) is 0 Å². The van der Waals surface area contributed by atoms with Gasteiger partial charge in [0.05, 0.1) is 0 Å². The molecule has 4 nitrogen and oxygen atoms in total. The fourth-order valence-corrected chi connectivity index (χ4v) is 2.74. The summed E-state index contributed by atoms with van der Waals surface area (Å²) in [6.07, 6.45) is -8.39. The van der Waals surface area contributed by atoms with E-state index in [1.807, 2.05) is 0 Å². The van der Waals surface area contributed by atoms with Crippen LogP contribution in [-0.4, -0.2) is 28.3 Å². The Hall–Kier alpha value is -2.05. The van der Waals surface area contributed by atoms with Gasteiger partial charge in [0, 0.05) is 6.42 Å². The van der Waals surface area contributed by atoms with Crippen molar-refractivity contribution in [2.75, 3.05) is 0 Å². The molecule has 0 fully saturated rings. The van der Waals surface area contributed by atoms with Crippen LogP contribution in [0.15, 0.2) is 29.2 Å². The lowest BCUT2D eigenvalue weighted by Gasteiger charge is -2.41. The van der Waals surface area contributed by atoms with Gasteiger partial charge in [0.1, 0.15) is 4.90 Å². The van der Waals surface area contributed by atoms with Gasteiger partial charge in [0.25, 0.3) is 0 Å². The van der Waals surface area contributed by atoms with E-state index in [1.165, 1.54) is 0 Å². The zero-order valence-electron chi connectivity index (χ0n) is 11.9. The molecule has 1 aromatic rings. The lowest BCUT2D eigenvalue weighted by atomic mass is 9.76. The van der Waals surface area contributed by atoms with Gasteiger partial charge in [-0.05, 0) is 24.1 Å². The quantitative estimate of drug-likeness (QED) is 0.650. The third-order valence-corrected chi connectivity index (χ3v) is 4.52. The normalized spacial score (nSPS) is 17.9. The average Bonchev–Trinajstić information content (AvgIpc) is 2.34. The number of aliphatic carboxylic acids is 2. The van der Waals surface area contributed by atoms with E-state index in [9.17, 15) is 42.2 Å². The number of hydrogen-bond donors (Lipinski definition) is 2. The number of rotatable bonds is 6. The highest BCUT2D eigenvalue weighted by molar-refractivity contribution is 8.45. The Morgan fingerprint density at radius 1 is 0.920 bits per heavy atom. The predicted molar refractivity (Wildman–Crippen MR) is 70.1 cm³/mol. The molecule has 0 saturated heterocycles. The van der Waals surface area contributed by atoms with E-state index in [0.717, 1.165) is 0 Å². The second-order valence-corrected chi connectivity index (χ2v) is 7.50. The summed E-state index contributed by atoms with van der Waals surface area (Å²) in [6.45, 7) is 0. The van der Waals surface area contributed by atoms with E-state index in [1.54, 1.807) is 0 Å². The molecule has 1 aromatic carbocycles. The molecule has 0 aliphatic heterocycles. The van der Waals surface area contributed by atoms with Gasteiger partial charge in [-0.3, -0.25) is 9.59 Å². The molecule has 25 heavy (non-hydrogen) atoms. The third-order valence-electron chi connectivity index (χ3n) is 3.36. The molecular formula is C12H10F8O4S. The highest BCUT2D eigenvalue weighted by atomic mass is 32.5. The molecule has 1 unspecified atom stereocenters. The number of benzene rings is 1. The molecule has 0 aliphatic rings. The molecule has 0 heterocycles. The summed E-state index contributed by atoms with van der Waals surface area (Å²) >= 11 is 0. The Morgan fingerprint density at radius 2 is 1.36 bits per heavy atom. The van der Waals surface area contributed by atoms with Gasteiger partial charge in [0.15, 0.2) is 5.41 Å². The van der Waals surface area contributed by atoms with Gasteiger partial charge in [-0.25, -0.2) is 0 Å². The minimum atomic E-state index is -10.2. The fraction of sp³-hybridized carbons (Fsp3) is 0.333. The summed E-state index contributed by atoms with van der Waals surface area (Å²) in [5.41, 5.74) is -5.15. The van der Waals surface area contributed by atoms with E-state index >= 15 is 0 Å². The maximum Gasteiger partial charge on any atom is 0.408 e. The summed E-state index contributed by atoms with van der Waals surface area (Å²) in [6, 6.07) is -0.810. The summed E-state index contributed by atoms with van der Waals surface area (Å²) in [5.74, 6) is -4.35. The Labute approximate surface area is 134 Å². The van der Waals surface area contributed by atoms with Crippen LogP contribution >= 0.6 is 10.2 Å². The molecule has 0 radical (unpaired) electrons. The van der Waals surface area contributed by atoms with E-state index in [-0.39, 0.29) is 24.3 Å². The first-order valence-electron chi connectivity index (χ1n) is 6.18. The number of hydrogen-bond acceptors (Lipinski definition) is 2. The summed E-state index contributed by atoms with van der Waals surface area (Å²) in [5, 5.41) is 17.5. The molecule has 0 aliphatic carbocycles. The van der Waals surface area contributed by atoms with Crippen molar-refractivity contribution in [3.05, 3.63) is 29.8 Å². The van der Waals surface area contributed by atoms with Gasteiger partial charge >= 0.3 is 28.3 Å². The first-order chi connectivity index (χ1) is 10.8. The predicted octanol–water partition coefficient (Wildman–Crippen LogP) is 5.09. The highest BCUT2D eigenvalue weighted by Crippen LogP contribution is 3.02. The van der Waals surface area contributed by atoms with Crippen molar-refractivity contribution in [1.82, 2.24) is 0 Å². The van der Waals surface area contributed by atoms with Gasteiger partial charge in [0.2, 0.25) is 0 Å². The van der Waals surface area contributed by atoms with Crippen molar-refractivity contribution in [2.45, 2.75) is 29.3 Å². The number of carbonyl (C=O) groups is 2. The van der Waals surface area contributed by atoms with E-state index < -0.39 is 57.1 Å². The SMILES string of the molecule is O=C(O)CCC(C(=O)O)(c1ccc(S(F)(F)(F)(F)F)cc1)C(F)(F)F. The average molecular weight is 402 g/mol. The van der Waals surface area contributed by atoms with Crippen LogP contribution in [0.1, 0.15) is 18.4 Å². The maximum absolute atomic E-state index is 13.3. The molecular weight excluding hydrogens is 392 g/mol. The minimum Gasteiger partial charge on any atom is -0.481 e. The molecule has 0 amide bonds. The van der Waals surface area contributed by atoms with Crippen LogP contribution in [0.25, 0.3) is 0 Å². The summed E-state index contributed by atoms with van der Waals surface area (Å²) in [4.78, 5) is 19.2. The highest BCUT2D eigenvalue weighted by Gasteiger charge is 2.66. The molecule has 0 bridgehead atoms. The Bertz CT molecular complexity index is 695. The van der Waals surface area contributed by atoms with Crippen molar-refractivity contribution in [1.29, 1.82) is 0 Å². The van der Waals surface area contributed by atoms with Crippen LogP contribution in [0.2, 0.25) is 0 Å². The second kappa shape index (κ2) is 5.22. The van der Waals surface area contributed by atoms with Crippen molar-refractivity contribution < 1.29 is 52.4 Å². The van der Waals surface area contributed by atoms with E-state index in [2.05, 4.69) is 0 Å². The molecule has 13 heteroatoms. The second-order valence-electron chi connectivity index (χ2n) is 5.10. The molecule has 144 valence electrons. The fourth-order valence-electron chi connectivity index (χ4n) is 2.09. The van der Waals surface area contributed by atoms with Crippen LogP contribution in [0.4, 0.5) is 32.6 Å². The monoisotopic (exact) mass is 402 g/mol. The van der Waals surface area contributed by atoms with Crippen LogP contribution in [-0.2, 0) is 15.0 Å². The van der Waals surface area contributed by atoms with Gasteiger partial charge in [-0.1, -0.05) is 31.6 Å². The van der Waals surface area contributed by atoms with E-state index in [4.69, 9.17) is 10.2 Å². The van der Waals surface area contributed by atoms with Gasteiger partial charge < -0.3 is 10.2 Å². The van der Waals surface area contributed by atoms with Crippen molar-refractivity contribution in [2.24, 2.45) is 0 Å². The zero-order valence-corrected chi connectivity index (χ0v) is 12.7. The molecule has 0 saturated carbocycles. The van der Waals surface area contributed by atoms with Crippen molar-refractivity contribution in [3.8, 4) is 0 Å². The third kappa shape index (κ3) is 4.32. The van der Waals surface area contributed by atoms with E-state index in [0.29, 0.717) is 0 Å². The first kappa shape index (κ1) is 21.0. The lowest BCUT2D eigenvalue weighted by molar-refractivity contribution is -0.207. The number of carboxylic acids is 2. The number of alkyl halides is 3.